The maximum absolute atomic E-state index is 12.9. The molecule has 2 aromatic rings. The lowest BCUT2D eigenvalue weighted by molar-refractivity contribution is -0.149. The van der Waals surface area contributed by atoms with E-state index in [4.69, 9.17) is 21.1 Å². The number of carbonyl (C=O) groups excluding carboxylic acids is 2. The number of hydrogen-bond acceptors (Lipinski definition) is 4. The van der Waals surface area contributed by atoms with Gasteiger partial charge in [-0.3, -0.25) is 9.59 Å². The fraction of sp³-hybridized carbons (Fsp3) is 0.263. The Balaban J connectivity index is 2.00. The Hall–Kier alpha value is -2.17. The first kappa shape index (κ1) is 16.7. The third-order valence-electron chi connectivity index (χ3n) is 4.20. The molecule has 0 radical (unpaired) electrons. The van der Waals surface area contributed by atoms with Crippen LogP contribution < -0.4 is 0 Å². The standard InChI is InChI=1S/C19H17ClO4/c1-23-19(22)16(17(21)13-6-8-14(20)9-7-13)18-15-5-3-2-4-12(15)10-11-24-18/h2-9,16,18H,10-11H2,1H3. The number of carbonyl (C=O) groups is 2. The third kappa shape index (κ3) is 3.21. The number of fused-ring (bicyclic) bond motifs is 1. The van der Waals surface area contributed by atoms with Crippen molar-refractivity contribution in [3.05, 3.63) is 70.2 Å². The van der Waals surface area contributed by atoms with Crippen LogP contribution in [-0.4, -0.2) is 25.5 Å². The van der Waals surface area contributed by atoms with E-state index >= 15 is 0 Å². The molecule has 0 aliphatic carbocycles. The van der Waals surface area contributed by atoms with Gasteiger partial charge in [-0.25, -0.2) is 0 Å². The molecule has 3 rings (SSSR count). The number of Topliss-reactive ketones (excluding diaryl/α,β-unsaturated/α-hetero) is 1. The highest BCUT2D eigenvalue weighted by Gasteiger charge is 2.40. The molecule has 5 heteroatoms. The molecule has 1 heterocycles. The van der Waals surface area contributed by atoms with Crippen LogP contribution in [0.15, 0.2) is 48.5 Å². The van der Waals surface area contributed by atoms with Crippen molar-refractivity contribution in [3.63, 3.8) is 0 Å². The Bertz CT molecular complexity index is 754. The van der Waals surface area contributed by atoms with E-state index < -0.39 is 18.0 Å². The molecular formula is C19H17ClO4. The average Bonchev–Trinajstić information content (AvgIpc) is 2.62. The van der Waals surface area contributed by atoms with Crippen molar-refractivity contribution in [1.82, 2.24) is 0 Å². The molecule has 0 fully saturated rings. The number of benzene rings is 2. The number of ether oxygens (including phenoxy) is 2. The molecule has 0 amide bonds. The Morgan fingerprint density at radius 1 is 1.17 bits per heavy atom. The molecule has 24 heavy (non-hydrogen) atoms. The van der Waals surface area contributed by atoms with Crippen LogP contribution in [0.3, 0.4) is 0 Å². The summed E-state index contributed by atoms with van der Waals surface area (Å²) >= 11 is 5.87. The average molecular weight is 345 g/mol. The fourth-order valence-electron chi connectivity index (χ4n) is 2.99. The van der Waals surface area contributed by atoms with E-state index in [1.807, 2.05) is 24.3 Å². The molecule has 124 valence electrons. The number of methoxy groups -OCH3 is 1. The second-order valence-corrected chi connectivity index (χ2v) is 6.05. The summed E-state index contributed by atoms with van der Waals surface area (Å²) in [6, 6.07) is 14.2. The van der Waals surface area contributed by atoms with Crippen LogP contribution in [0.1, 0.15) is 27.6 Å². The predicted molar refractivity (Wildman–Crippen MR) is 90.1 cm³/mol. The molecule has 2 aromatic carbocycles. The number of ketones is 1. The minimum absolute atomic E-state index is 0.333. The molecule has 0 N–H and O–H groups in total. The Morgan fingerprint density at radius 2 is 1.88 bits per heavy atom. The Labute approximate surface area is 145 Å². The van der Waals surface area contributed by atoms with Gasteiger partial charge in [0.2, 0.25) is 0 Å². The summed E-state index contributed by atoms with van der Waals surface area (Å²) in [5.74, 6) is -1.98. The van der Waals surface area contributed by atoms with Gasteiger partial charge in [-0.1, -0.05) is 35.9 Å². The first-order valence-corrected chi connectivity index (χ1v) is 8.06. The lowest BCUT2D eigenvalue weighted by Crippen LogP contribution is -2.35. The van der Waals surface area contributed by atoms with E-state index in [-0.39, 0.29) is 5.78 Å². The molecule has 1 aliphatic heterocycles. The molecule has 2 unspecified atom stereocenters. The highest BCUT2D eigenvalue weighted by molar-refractivity contribution is 6.30. The van der Waals surface area contributed by atoms with Crippen LogP contribution in [0.2, 0.25) is 5.02 Å². The van der Waals surface area contributed by atoms with E-state index in [1.165, 1.54) is 7.11 Å². The van der Waals surface area contributed by atoms with Crippen molar-refractivity contribution in [2.45, 2.75) is 12.5 Å². The van der Waals surface area contributed by atoms with E-state index in [2.05, 4.69) is 0 Å². The van der Waals surface area contributed by atoms with Crippen molar-refractivity contribution in [2.75, 3.05) is 13.7 Å². The summed E-state index contributed by atoms with van der Waals surface area (Å²) in [5, 5.41) is 0.528. The maximum atomic E-state index is 12.9. The van der Waals surface area contributed by atoms with Crippen LogP contribution >= 0.6 is 11.6 Å². The van der Waals surface area contributed by atoms with Gasteiger partial charge < -0.3 is 9.47 Å². The van der Waals surface area contributed by atoms with Gasteiger partial charge in [0.05, 0.1) is 13.7 Å². The van der Waals surface area contributed by atoms with Crippen LogP contribution in [0.5, 0.6) is 0 Å². The zero-order valence-corrected chi connectivity index (χ0v) is 14.0. The van der Waals surface area contributed by atoms with E-state index in [0.29, 0.717) is 17.2 Å². The summed E-state index contributed by atoms with van der Waals surface area (Å²) in [5.41, 5.74) is 2.36. The first-order valence-electron chi connectivity index (χ1n) is 7.69. The Morgan fingerprint density at radius 3 is 2.58 bits per heavy atom. The second kappa shape index (κ2) is 7.16. The van der Waals surface area contributed by atoms with Gasteiger partial charge in [0, 0.05) is 10.6 Å². The quantitative estimate of drug-likeness (QED) is 0.483. The minimum atomic E-state index is -1.04. The largest absolute Gasteiger partial charge is 0.468 e. The maximum Gasteiger partial charge on any atom is 0.319 e. The van der Waals surface area contributed by atoms with E-state index in [0.717, 1.165) is 17.5 Å². The lowest BCUT2D eigenvalue weighted by atomic mass is 9.85. The molecule has 0 saturated heterocycles. The van der Waals surface area contributed by atoms with Crippen molar-refractivity contribution >= 4 is 23.4 Å². The summed E-state index contributed by atoms with van der Waals surface area (Å²) < 4.78 is 10.7. The van der Waals surface area contributed by atoms with E-state index in [9.17, 15) is 9.59 Å². The monoisotopic (exact) mass is 344 g/mol. The molecular weight excluding hydrogens is 328 g/mol. The van der Waals surface area contributed by atoms with Crippen molar-refractivity contribution in [2.24, 2.45) is 5.92 Å². The fourth-order valence-corrected chi connectivity index (χ4v) is 3.12. The van der Waals surface area contributed by atoms with Gasteiger partial charge in [-0.15, -0.1) is 0 Å². The first-order chi connectivity index (χ1) is 11.6. The number of esters is 1. The van der Waals surface area contributed by atoms with Gasteiger partial charge >= 0.3 is 5.97 Å². The van der Waals surface area contributed by atoms with Gasteiger partial charge in [0.1, 0.15) is 6.10 Å². The van der Waals surface area contributed by atoms with Gasteiger partial charge in [-0.2, -0.15) is 0 Å². The summed E-state index contributed by atoms with van der Waals surface area (Å²) in [7, 11) is 1.28. The molecule has 0 aromatic heterocycles. The van der Waals surface area contributed by atoms with Gasteiger partial charge in [0.15, 0.2) is 11.7 Å². The topological polar surface area (TPSA) is 52.6 Å². The lowest BCUT2D eigenvalue weighted by Gasteiger charge is -2.30. The normalized spacial score (nSPS) is 17.7. The van der Waals surface area contributed by atoms with Crippen molar-refractivity contribution in [3.8, 4) is 0 Å². The smallest absolute Gasteiger partial charge is 0.319 e. The number of halogens is 1. The van der Waals surface area contributed by atoms with Crippen LogP contribution in [0, 0.1) is 5.92 Å². The number of rotatable bonds is 4. The molecule has 1 aliphatic rings. The molecule has 0 spiro atoms. The molecule has 0 bridgehead atoms. The zero-order chi connectivity index (χ0) is 17.1. The minimum Gasteiger partial charge on any atom is -0.468 e. The highest BCUT2D eigenvalue weighted by atomic mass is 35.5. The summed E-state index contributed by atoms with van der Waals surface area (Å²) in [6.45, 7) is 0.461. The molecule has 4 nitrogen and oxygen atoms in total. The van der Waals surface area contributed by atoms with Crippen molar-refractivity contribution in [1.29, 1.82) is 0 Å². The highest BCUT2D eigenvalue weighted by Crippen LogP contribution is 2.35. The third-order valence-corrected chi connectivity index (χ3v) is 4.45. The summed E-state index contributed by atoms with van der Waals surface area (Å²) in [6.07, 6.45) is 0.112. The van der Waals surface area contributed by atoms with Crippen LogP contribution in [0.25, 0.3) is 0 Å². The number of hydrogen-bond donors (Lipinski definition) is 0. The Kier molecular flexibility index (Phi) is 4.97. The molecule has 2 atom stereocenters. The predicted octanol–water partition coefficient (Wildman–Crippen LogP) is 3.63. The SMILES string of the molecule is COC(=O)C(C(=O)c1ccc(Cl)cc1)C1OCCc2ccccc21. The van der Waals surface area contributed by atoms with E-state index in [1.54, 1.807) is 24.3 Å². The van der Waals surface area contributed by atoms with Crippen LogP contribution in [-0.2, 0) is 20.7 Å². The molecule has 0 saturated carbocycles. The van der Waals surface area contributed by atoms with Crippen molar-refractivity contribution < 1.29 is 19.1 Å². The van der Waals surface area contributed by atoms with Gasteiger partial charge in [-0.05, 0) is 41.8 Å². The second-order valence-electron chi connectivity index (χ2n) is 5.61. The zero-order valence-electron chi connectivity index (χ0n) is 13.2. The summed E-state index contributed by atoms with van der Waals surface area (Å²) in [4.78, 5) is 25.3. The van der Waals surface area contributed by atoms with Gasteiger partial charge in [0.25, 0.3) is 0 Å². The van der Waals surface area contributed by atoms with Crippen LogP contribution in [0.4, 0.5) is 0 Å².